The van der Waals surface area contributed by atoms with Gasteiger partial charge in [-0.25, -0.2) is 0 Å². The van der Waals surface area contributed by atoms with Crippen LogP contribution in [0.1, 0.15) is 6.92 Å². The molecule has 48 valence electrons. The Kier molecular flexibility index (Phi) is 3.39. The van der Waals surface area contributed by atoms with E-state index in [2.05, 4.69) is 0 Å². The van der Waals surface area contributed by atoms with Crippen molar-refractivity contribution < 1.29 is 9.53 Å². The first-order valence-corrected chi connectivity index (χ1v) is 2.46. The fourth-order valence-corrected chi connectivity index (χ4v) is 0.268. The third-order valence-corrected chi connectivity index (χ3v) is 1.07. The summed E-state index contributed by atoms with van der Waals surface area (Å²) < 4.78 is 4.75. The summed E-state index contributed by atoms with van der Waals surface area (Å²) in [7, 11) is 1.52. The standard InChI is InChI=1S/C5H11NO2/c1-4(8-2)5(6)3-7/h3-5H,6H2,1-2H3/t4-,5-/m1/s1. The maximum absolute atomic E-state index is 9.90. The molecular formula is C5H11NO2. The van der Waals surface area contributed by atoms with E-state index in [1.165, 1.54) is 7.11 Å². The van der Waals surface area contributed by atoms with Crippen molar-refractivity contribution in [3.63, 3.8) is 0 Å². The maximum atomic E-state index is 9.90. The third kappa shape index (κ3) is 2.04. The highest BCUT2D eigenvalue weighted by molar-refractivity contribution is 5.57. The van der Waals surface area contributed by atoms with E-state index in [1.807, 2.05) is 0 Å². The number of hydrogen-bond donors (Lipinski definition) is 1. The number of nitrogens with two attached hydrogens (primary N) is 1. The van der Waals surface area contributed by atoms with Crippen molar-refractivity contribution in [3.8, 4) is 0 Å². The zero-order valence-corrected chi connectivity index (χ0v) is 5.13. The highest BCUT2D eigenvalue weighted by Crippen LogP contribution is 1.88. The number of carbonyl (C=O) groups excluding carboxylic acids is 1. The molecule has 0 rings (SSSR count). The molecule has 3 heteroatoms. The van der Waals surface area contributed by atoms with Crippen molar-refractivity contribution in [1.29, 1.82) is 0 Å². The molecule has 0 bridgehead atoms. The van der Waals surface area contributed by atoms with Gasteiger partial charge in [0.1, 0.15) is 6.29 Å². The van der Waals surface area contributed by atoms with Crippen molar-refractivity contribution in [3.05, 3.63) is 0 Å². The Bertz CT molecular complexity index is 74.8. The summed E-state index contributed by atoms with van der Waals surface area (Å²) in [6, 6.07) is -0.486. The molecule has 0 saturated carbocycles. The minimum atomic E-state index is -0.486. The smallest absolute Gasteiger partial charge is 0.139 e. The van der Waals surface area contributed by atoms with E-state index < -0.39 is 6.04 Å². The normalized spacial score (nSPS) is 17.4. The zero-order valence-electron chi connectivity index (χ0n) is 5.13. The van der Waals surface area contributed by atoms with Crippen LogP contribution in [0.4, 0.5) is 0 Å². The molecule has 2 atom stereocenters. The highest BCUT2D eigenvalue weighted by Gasteiger charge is 2.08. The largest absolute Gasteiger partial charge is 0.380 e. The van der Waals surface area contributed by atoms with Gasteiger partial charge in [-0.1, -0.05) is 0 Å². The van der Waals surface area contributed by atoms with E-state index in [9.17, 15) is 4.79 Å². The molecule has 2 N–H and O–H groups in total. The van der Waals surface area contributed by atoms with Gasteiger partial charge >= 0.3 is 0 Å². The average molecular weight is 117 g/mol. The summed E-state index contributed by atoms with van der Waals surface area (Å²) in [5.41, 5.74) is 5.23. The summed E-state index contributed by atoms with van der Waals surface area (Å²) in [6.45, 7) is 1.75. The second-order valence-electron chi connectivity index (χ2n) is 1.65. The molecular weight excluding hydrogens is 106 g/mol. The van der Waals surface area contributed by atoms with Crippen molar-refractivity contribution in [1.82, 2.24) is 0 Å². The molecule has 0 aliphatic heterocycles. The molecule has 0 aromatic heterocycles. The molecule has 0 amide bonds. The Morgan fingerprint density at radius 3 is 2.38 bits per heavy atom. The fraction of sp³-hybridized carbons (Fsp3) is 0.800. The number of aldehydes is 1. The molecule has 8 heavy (non-hydrogen) atoms. The van der Waals surface area contributed by atoms with Gasteiger partial charge in [0.25, 0.3) is 0 Å². The van der Waals surface area contributed by atoms with Crippen LogP contribution >= 0.6 is 0 Å². The fourth-order valence-electron chi connectivity index (χ4n) is 0.268. The van der Waals surface area contributed by atoms with E-state index >= 15 is 0 Å². The van der Waals surface area contributed by atoms with Crippen molar-refractivity contribution in [2.45, 2.75) is 19.1 Å². The lowest BCUT2D eigenvalue weighted by molar-refractivity contribution is -0.111. The van der Waals surface area contributed by atoms with Crippen LogP contribution in [0.25, 0.3) is 0 Å². The van der Waals surface area contributed by atoms with Crippen LogP contribution in [0, 0.1) is 0 Å². The number of hydrogen-bond acceptors (Lipinski definition) is 3. The first-order chi connectivity index (χ1) is 3.72. The van der Waals surface area contributed by atoms with Crippen molar-refractivity contribution in [2.75, 3.05) is 7.11 Å². The summed E-state index contributed by atoms with van der Waals surface area (Å²) in [5, 5.41) is 0. The third-order valence-electron chi connectivity index (χ3n) is 1.07. The number of ether oxygens (including phenoxy) is 1. The Balaban J connectivity index is 3.44. The molecule has 0 spiro atoms. The average Bonchev–Trinajstić information content (AvgIpc) is 1.84. The lowest BCUT2D eigenvalue weighted by Crippen LogP contribution is -2.34. The topological polar surface area (TPSA) is 52.3 Å². The number of carbonyl (C=O) groups is 1. The van der Waals surface area contributed by atoms with Gasteiger partial charge in [-0.05, 0) is 6.92 Å². The molecule has 0 aliphatic rings. The van der Waals surface area contributed by atoms with Crippen molar-refractivity contribution >= 4 is 6.29 Å². The van der Waals surface area contributed by atoms with Crippen LogP contribution in [0.15, 0.2) is 0 Å². The van der Waals surface area contributed by atoms with Crippen LogP contribution in [0.5, 0.6) is 0 Å². The Morgan fingerprint density at radius 1 is 1.75 bits per heavy atom. The molecule has 0 aliphatic carbocycles. The van der Waals surface area contributed by atoms with Gasteiger partial charge in [0.2, 0.25) is 0 Å². The van der Waals surface area contributed by atoms with Crippen LogP contribution in [0.2, 0.25) is 0 Å². The second-order valence-corrected chi connectivity index (χ2v) is 1.65. The SMILES string of the molecule is CO[C@H](C)[C@H](N)C=O. The molecule has 0 saturated heterocycles. The lowest BCUT2D eigenvalue weighted by Gasteiger charge is -2.10. The molecule has 0 aromatic carbocycles. The Labute approximate surface area is 48.8 Å². The zero-order chi connectivity index (χ0) is 6.57. The van der Waals surface area contributed by atoms with Gasteiger partial charge in [0, 0.05) is 7.11 Å². The summed E-state index contributed by atoms with van der Waals surface area (Å²) >= 11 is 0. The highest BCUT2D eigenvalue weighted by atomic mass is 16.5. The van der Waals surface area contributed by atoms with Crippen molar-refractivity contribution in [2.24, 2.45) is 5.73 Å². The van der Waals surface area contributed by atoms with Gasteiger partial charge in [-0.15, -0.1) is 0 Å². The predicted octanol–water partition coefficient (Wildman–Crippen LogP) is -0.453. The second kappa shape index (κ2) is 3.57. The molecule has 0 radical (unpaired) electrons. The monoisotopic (exact) mass is 117 g/mol. The van der Waals surface area contributed by atoms with Crippen LogP contribution in [-0.4, -0.2) is 25.5 Å². The minimum Gasteiger partial charge on any atom is -0.380 e. The molecule has 0 aromatic rings. The van der Waals surface area contributed by atoms with E-state index in [1.54, 1.807) is 6.92 Å². The predicted molar refractivity (Wildman–Crippen MR) is 30.5 cm³/mol. The van der Waals surface area contributed by atoms with Gasteiger partial charge in [0.15, 0.2) is 0 Å². The summed E-state index contributed by atoms with van der Waals surface area (Å²) in [6.07, 6.45) is 0.501. The van der Waals surface area contributed by atoms with Crippen LogP contribution in [-0.2, 0) is 9.53 Å². The Hall–Kier alpha value is -0.410. The van der Waals surface area contributed by atoms with Gasteiger partial charge in [0.05, 0.1) is 12.1 Å². The van der Waals surface area contributed by atoms with Gasteiger partial charge < -0.3 is 15.3 Å². The molecule has 3 nitrogen and oxygen atoms in total. The first-order valence-electron chi connectivity index (χ1n) is 2.46. The summed E-state index contributed by atoms with van der Waals surface area (Å²) in [4.78, 5) is 9.90. The van der Waals surface area contributed by atoms with Crippen LogP contribution < -0.4 is 5.73 Å². The minimum absolute atomic E-state index is 0.174. The van der Waals surface area contributed by atoms with E-state index in [0.717, 1.165) is 0 Å². The molecule has 0 heterocycles. The van der Waals surface area contributed by atoms with Gasteiger partial charge in [-0.3, -0.25) is 0 Å². The van der Waals surface area contributed by atoms with Gasteiger partial charge in [-0.2, -0.15) is 0 Å². The Morgan fingerprint density at radius 2 is 2.25 bits per heavy atom. The lowest BCUT2D eigenvalue weighted by atomic mass is 10.2. The maximum Gasteiger partial charge on any atom is 0.139 e. The van der Waals surface area contributed by atoms with Crippen LogP contribution in [0.3, 0.4) is 0 Å². The van der Waals surface area contributed by atoms with E-state index in [-0.39, 0.29) is 6.10 Å². The molecule has 0 fully saturated rings. The summed E-state index contributed by atoms with van der Waals surface area (Å²) in [5.74, 6) is 0. The van der Waals surface area contributed by atoms with E-state index in [0.29, 0.717) is 6.29 Å². The molecule has 0 unspecified atom stereocenters. The van der Waals surface area contributed by atoms with E-state index in [4.69, 9.17) is 10.5 Å². The number of methoxy groups -OCH3 is 1. The number of rotatable bonds is 3. The first kappa shape index (κ1) is 7.59. The quantitative estimate of drug-likeness (QED) is 0.509.